The Hall–Kier alpha value is -7.82. The van der Waals surface area contributed by atoms with Gasteiger partial charge in [-0.3, -0.25) is 4.79 Å². The van der Waals surface area contributed by atoms with Crippen LogP contribution < -0.4 is 33.6 Å². The minimum Gasteiger partial charge on any atom is -0.497 e. The van der Waals surface area contributed by atoms with Crippen molar-refractivity contribution in [1.82, 2.24) is 0 Å². The molecule has 1 heterocycles. The molecule has 9 nitrogen and oxygen atoms in total. The van der Waals surface area contributed by atoms with E-state index < -0.39 is 5.97 Å². The number of hydrogen-bond acceptors (Lipinski definition) is 9. The van der Waals surface area contributed by atoms with Crippen molar-refractivity contribution in [3.8, 4) is 45.3 Å². The van der Waals surface area contributed by atoms with Gasteiger partial charge in [-0.1, -0.05) is 61.0 Å². The number of benzene rings is 8. The number of carboxylic acids is 1. The summed E-state index contributed by atoms with van der Waals surface area (Å²) in [5, 5.41) is 9.20. The first-order valence-corrected chi connectivity index (χ1v) is 24.0. The van der Waals surface area contributed by atoms with Gasteiger partial charge in [0.1, 0.15) is 23.0 Å². The Morgan fingerprint density at radius 3 is 1.04 bits per heavy atom. The zero-order chi connectivity index (χ0) is 47.7. The predicted molar refractivity (Wildman–Crippen MR) is 281 cm³/mol. The Morgan fingerprint density at radius 2 is 0.725 bits per heavy atom. The van der Waals surface area contributed by atoms with Crippen LogP contribution in [-0.4, -0.2) is 46.1 Å². The predicted octanol–water partition coefficient (Wildman–Crippen LogP) is 15.6. The third kappa shape index (κ3) is 10.5. The van der Waals surface area contributed by atoms with Gasteiger partial charge in [0.15, 0.2) is 0 Å². The highest BCUT2D eigenvalue weighted by molar-refractivity contribution is 7.99. The lowest BCUT2D eigenvalue weighted by atomic mass is 10.0. The zero-order valence-corrected chi connectivity index (χ0v) is 40.1. The number of rotatable bonds is 19. The number of methoxy groups -OCH3 is 4. The first-order valence-electron chi connectivity index (χ1n) is 23.1. The van der Waals surface area contributed by atoms with Crippen LogP contribution in [0, 0.1) is 0 Å². The molecule has 8 aromatic rings. The number of ether oxygens (including phenoxy) is 4. The number of anilines is 8. The topological polar surface area (TPSA) is 83.9 Å². The highest BCUT2D eigenvalue weighted by Crippen LogP contribution is 2.51. The fourth-order valence-electron chi connectivity index (χ4n) is 8.81. The Labute approximate surface area is 409 Å². The second-order valence-electron chi connectivity index (χ2n) is 16.7. The van der Waals surface area contributed by atoms with E-state index in [1.54, 1.807) is 28.4 Å². The van der Waals surface area contributed by atoms with Gasteiger partial charge in [0, 0.05) is 56.9 Å². The summed E-state index contributed by atoms with van der Waals surface area (Å²) in [5.74, 6) is 2.47. The molecule has 0 fully saturated rings. The summed E-state index contributed by atoms with van der Waals surface area (Å²) in [6.45, 7) is 0.828. The maximum atomic E-state index is 11.2. The molecule has 10 heteroatoms. The van der Waals surface area contributed by atoms with E-state index in [1.807, 2.05) is 60.3 Å². The van der Waals surface area contributed by atoms with Crippen molar-refractivity contribution in [2.24, 2.45) is 0 Å². The summed E-state index contributed by atoms with van der Waals surface area (Å²) >= 11 is 1.81. The Bertz CT molecular complexity index is 2690. The number of carboxylic acid groups (broad SMARTS) is 1. The largest absolute Gasteiger partial charge is 0.497 e. The van der Waals surface area contributed by atoms with Crippen molar-refractivity contribution < 1.29 is 28.8 Å². The fourth-order valence-corrected chi connectivity index (χ4v) is 9.99. The van der Waals surface area contributed by atoms with Gasteiger partial charge in [0.05, 0.1) is 39.8 Å². The van der Waals surface area contributed by atoms with E-state index >= 15 is 0 Å². The summed E-state index contributed by atoms with van der Waals surface area (Å²) in [4.78, 5) is 20.5. The molecule has 69 heavy (non-hydrogen) atoms. The lowest BCUT2D eigenvalue weighted by Gasteiger charge is -2.33. The molecule has 1 aliphatic rings. The highest BCUT2D eigenvalue weighted by Gasteiger charge is 2.25. The maximum Gasteiger partial charge on any atom is 0.303 e. The van der Waals surface area contributed by atoms with Crippen LogP contribution >= 0.6 is 11.8 Å². The molecular weight excluding hydrogens is 879 g/mol. The Morgan fingerprint density at radius 1 is 0.420 bits per heavy atom. The van der Waals surface area contributed by atoms with Crippen molar-refractivity contribution in [1.29, 1.82) is 0 Å². The van der Waals surface area contributed by atoms with Crippen LogP contribution in [0.1, 0.15) is 32.1 Å². The first kappa shape index (κ1) is 46.3. The number of nitrogens with zero attached hydrogens (tertiary/aromatic N) is 3. The SMILES string of the molecule is COc1ccc(N(c2ccc(OC)cc2)c2ccc(-c3ccc4c(c3)Sc3cc(-c5ccc(N(c6ccc(OC)cc6)c6ccc(OC)cc6)cc5)ccc3N4CCCCCCC(=O)O)cc2)cc1. The molecule has 0 unspecified atom stereocenters. The van der Waals surface area contributed by atoms with Crippen LogP contribution in [0.4, 0.5) is 45.5 Å². The van der Waals surface area contributed by atoms with Crippen molar-refractivity contribution in [3.63, 3.8) is 0 Å². The summed E-state index contributed by atoms with van der Waals surface area (Å²) in [5.41, 5.74) is 13.0. The standard InChI is InChI=1S/C59H55N3O6S/c1-65-51-28-20-47(21-29-51)61(48-22-30-52(66-2)31-23-48)45-16-10-41(11-17-45)43-14-36-55-57(39-43)69-58-40-44(15-37-56(58)60(55)38-8-6-5-7-9-59(63)64)42-12-18-46(19-13-42)62(49-24-32-53(67-3)33-25-49)50-26-34-54(68-4)35-27-50/h10-37,39-40H,5-9,38H2,1-4H3,(H,63,64). The van der Waals surface area contributed by atoms with E-state index in [4.69, 9.17) is 18.9 Å². The average Bonchev–Trinajstić information content (AvgIpc) is 3.40. The number of unbranched alkanes of at least 4 members (excludes halogenated alkanes) is 3. The molecule has 0 radical (unpaired) electrons. The van der Waals surface area contributed by atoms with Gasteiger partial charge in [0.2, 0.25) is 0 Å². The van der Waals surface area contributed by atoms with Crippen LogP contribution in [0.5, 0.6) is 23.0 Å². The molecule has 0 atom stereocenters. The van der Waals surface area contributed by atoms with Crippen molar-refractivity contribution in [3.05, 3.63) is 182 Å². The van der Waals surface area contributed by atoms with E-state index in [1.165, 1.54) is 21.2 Å². The van der Waals surface area contributed by atoms with E-state index in [2.05, 4.69) is 148 Å². The molecule has 0 aliphatic carbocycles. The van der Waals surface area contributed by atoms with Crippen LogP contribution in [0.2, 0.25) is 0 Å². The molecule has 1 N–H and O–H groups in total. The average molecular weight is 934 g/mol. The van der Waals surface area contributed by atoms with E-state index in [0.717, 1.165) is 105 Å². The second-order valence-corrected chi connectivity index (χ2v) is 17.8. The smallest absolute Gasteiger partial charge is 0.303 e. The van der Waals surface area contributed by atoms with E-state index in [9.17, 15) is 9.90 Å². The molecule has 0 amide bonds. The zero-order valence-electron chi connectivity index (χ0n) is 39.3. The number of hydrogen-bond donors (Lipinski definition) is 1. The lowest BCUT2D eigenvalue weighted by Crippen LogP contribution is -2.22. The molecule has 8 aromatic carbocycles. The fraction of sp³-hybridized carbons (Fsp3) is 0.169. The maximum absolute atomic E-state index is 11.2. The van der Waals surface area contributed by atoms with E-state index in [0.29, 0.717) is 6.42 Å². The monoisotopic (exact) mass is 933 g/mol. The van der Waals surface area contributed by atoms with Gasteiger partial charge in [-0.25, -0.2) is 0 Å². The van der Waals surface area contributed by atoms with Crippen LogP contribution in [0.3, 0.4) is 0 Å². The van der Waals surface area contributed by atoms with Gasteiger partial charge in [-0.2, -0.15) is 0 Å². The molecule has 9 rings (SSSR count). The Balaban J connectivity index is 1.01. The Kier molecular flexibility index (Phi) is 14.4. The summed E-state index contributed by atoms with van der Waals surface area (Å²) in [6, 6.07) is 63.4. The third-order valence-corrected chi connectivity index (χ3v) is 13.6. The third-order valence-electron chi connectivity index (χ3n) is 12.5. The minimum atomic E-state index is -0.736. The number of fused-ring (bicyclic) bond motifs is 2. The van der Waals surface area contributed by atoms with Crippen LogP contribution in [0.15, 0.2) is 192 Å². The van der Waals surface area contributed by atoms with E-state index in [-0.39, 0.29) is 6.42 Å². The highest BCUT2D eigenvalue weighted by atomic mass is 32.2. The van der Waals surface area contributed by atoms with Crippen molar-refractivity contribution in [2.75, 3.05) is 49.7 Å². The van der Waals surface area contributed by atoms with Gasteiger partial charge < -0.3 is 38.8 Å². The number of carbonyl (C=O) groups is 1. The molecule has 0 aromatic heterocycles. The summed E-state index contributed by atoms with van der Waals surface area (Å²) in [6.07, 6.45) is 3.71. The lowest BCUT2D eigenvalue weighted by molar-refractivity contribution is -0.137. The molecule has 0 saturated heterocycles. The summed E-state index contributed by atoms with van der Waals surface area (Å²) in [7, 11) is 6.72. The second kappa shape index (κ2) is 21.4. The van der Waals surface area contributed by atoms with Crippen molar-refractivity contribution in [2.45, 2.75) is 41.9 Å². The minimum absolute atomic E-state index is 0.210. The number of aliphatic carboxylic acids is 1. The molecule has 0 saturated carbocycles. The molecule has 0 bridgehead atoms. The van der Waals surface area contributed by atoms with Crippen LogP contribution in [-0.2, 0) is 4.79 Å². The van der Waals surface area contributed by atoms with Gasteiger partial charge in [-0.05, 0) is 181 Å². The summed E-state index contributed by atoms with van der Waals surface area (Å²) < 4.78 is 21.9. The quantitative estimate of drug-likeness (QED) is 0.0792. The molecule has 0 spiro atoms. The molecular formula is C59H55N3O6S. The van der Waals surface area contributed by atoms with Gasteiger partial charge in [0.25, 0.3) is 0 Å². The van der Waals surface area contributed by atoms with Crippen molar-refractivity contribution >= 4 is 63.2 Å². The van der Waals surface area contributed by atoms with Crippen LogP contribution in [0.25, 0.3) is 22.3 Å². The molecule has 348 valence electrons. The normalized spacial score (nSPS) is 11.6. The molecule has 1 aliphatic heterocycles. The van der Waals surface area contributed by atoms with Gasteiger partial charge in [-0.15, -0.1) is 0 Å². The van der Waals surface area contributed by atoms with Gasteiger partial charge >= 0.3 is 5.97 Å². The first-order chi connectivity index (χ1) is 33.8.